The van der Waals surface area contributed by atoms with Crippen LogP contribution in [0.1, 0.15) is 23.7 Å². The Morgan fingerprint density at radius 2 is 2.12 bits per heavy atom. The van der Waals surface area contributed by atoms with Crippen LogP contribution in [0, 0.1) is 17.6 Å². The first-order valence-electron chi connectivity index (χ1n) is 5.01. The maximum Gasteiger partial charge on any atom is 0.166 e. The molecule has 0 aromatic heterocycles. The molecule has 88 valence electrons. The minimum Gasteiger partial charge on any atom is -0.384 e. The number of Topliss-reactive ketones (excluding diaryl/α,β-unsaturated/α-hetero) is 1. The van der Waals surface area contributed by atoms with Gasteiger partial charge in [0.1, 0.15) is 11.6 Å². The van der Waals surface area contributed by atoms with Crippen LogP contribution in [0.5, 0.6) is 0 Å². The summed E-state index contributed by atoms with van der Waals surface area (Å²) in [5.74, 6) is -1.81. The molecule has 0 radical (unpaired) electrons. The lowest BCUT2D eigenvalue weighted by Crippen LogP contribution is -2.12. The summed E-state index contributed by atoms with van der Waals surface area (Å²) in [5, 5.41) is 0. The number of carbonyl (C=O) groups is 1. The number of hydrogen-bond acceptors (Lipinski definition) is 2. The van der Waals surface area contributed by atoms with E-state index in [1.54, 1.807) is 7.11 Å². The minimum atomic E-state index is -0.811. The normalized spacial score (nSPS) is 12.5. The largest absolute Gasteiger partial charge is 0.384 e. The lowest BCUT2D eigenvalue weighted by molar-refractivity contribution is 0.0916. The number of carbonyl (C=O) groups excluding carboxylic acids is 1. The van der Waals surface area contributed by atoms with Crippen molar-refractivity contribution in [2.24, 2.45) is 5.92 Å². The first-order chi connectivity index (χ1) is 7.54. The molecule has 1 aromatic rings. The molecule has 0 aliphatic carbocycles. The van der Waals surface area contributed by atoms with Crippen LogP contribution < -0.4 is 0 Å². The van der Waals surface area contributed by atoms with E-state index >= 15 is 0 Å². The molecule has 1 unspecified atom stereocenters. The highest BCUT2D eigenvalue weighted by molar-refractivity contribution is 5.96. The van der Waals surface area contributed by atoms with Crippen molar-refractivity contribution in [1.82, 2.24) is 0 Å². The van der Waals surface area contributed by atoms with Crippen molar-refractivity contribution >= 4 is 5.78 Å². The van der Waals surface area contributed by atoms with Gasteiger partial charge in [0.25, 0.3) is 0 Å². The fourth-order valence-corrected chi connectivity index (χ4v) is 1.49. The summed E-state index contributed by atoms with van der Waals surface area (Å²) < 4.78 is 30.8. The molecule has 0 heterocycles. The molecule has 1 rings (SSSR count). The second kappa shape index (κ2) is 5.70. The smallest absolute Gasteiger partial charge is 0.166 e. The summed E-state index contributed by atoms with van der Waals surface area (Å²) in [4.78, 5) is 11.6. The lowest BCUT2D eigenvalue weighted by atomic mass is 10.00. The Balaban J connectivity index is 2.73. The third kappa shape index (κ3) is 3.38. The second-order valence-corrected chi connectivity index (χ2v) is 3.81. The second-order valence-electron chi connectivity index (χ2n) is 3.81. The van der Waals surface area contributed by atoms with Gasteiger partial charge >= 0.3 is 0 Å². The number of halogens is 2. The molecule has 0 N–H and O–H groups in total. The zero-order valence-corrected chi connectivity index (χ0v) is 9.30. The average Bonchev–Trinajstić information content (AvgIpc) is 2.17. The monoisotopic (exact) mass is 228 g/mol. The Labute approximate surface area is 93.2 Å². The van der Waals surface area contributed by atoms with E-state index in [0.29, 0.717) is 12.7 Å². The third-order valence-corrected chi connectivity index (χ3v) is 2.22. The van der Waals surface area contributed by atoms with Crippen molar-refractivity contribution in [3.63, 3.8) is 0 Å². The summed E-state index contributed by atoms with van der Waals surface area (Å²) >= 11 is 0. The molecule has 0 aliphatic rings. The predicted octanol–water partition coefficient (Wildman–Crippen LogP) is 2.82. The molecule has 2 nitrogen and oxygen atoms in total. The Hall–Kier alpha value is -1.29. The van der Waals surface area contributed by atoms with E-state index < -0.39 is 11.6 Å². The van der Waals surface area contributed by atoms with Gasteiger partial charge in [-0.05, 0) is 18.1 Å². The van der Waals surface area contributed by atoms with Crippen LogP contribution in [-0.4, -0.2) is 19.5 Å². The molecular weight excluding hydrogens is 214 g/mol. The Morgan fingerprint density at radius 3 is 2.69 bits per heavy atom. The van der Waals surface area contributed by atoms with Crippen LogP contribution in [0.4, 0.5) is 8.78 Å². The van der Waals surface area contributed by atoms with Crippen LogP contribution >= 0.6 is 0 Å². The standard InChI is InChI=1S/C12H14F2O2/c1-8(7-16-2)5-12(15)10-4-3-9(13)6-11(10)14/h3-4,6,8H,5,7H2,1-2H3. The number of hydrogen-bond donors (Lipinski definition) is 0. The third-order valence-electron chi connectivity index (χ3n) is 2.22. The molecule has 0 fully saturated rings. The van der Waals surface area contributed by atoms with Crippen molar-refractivity contribution in [1.29, 1.82) is 0 Å². The minimum absolute atomic E-state index is 0.0157. The van der Waals surface area contributed by atoms with E-state index in [0.717, 1.165) is 6.07 Å². The maximum atomic E-state index is 13.2. The van der Waals surface area contributed by atoms with Crippen LogP contribution in [0.15, 0.2) is 18.2 Å². The quantitative estimate of drug-likeness (QED) is 0.724. The Bertz CT molecular complexity index is 377. The number of ketones is 1. The van der Waals surface area contributed by atoms with Crippen molar-refractivity contribution < 1.29 is 18.3 Å². The Kier molecular flexibility index (Phi) is 4.55. The maximum absolute atomic E-state index is 13.2. The zero-order chi connectivity index (χ0) is 12.1. The van der Waals surface area contributed by atoms with Gasteiger partial charge in [-0.3, -0.25) is 4.79 Å². The first-order valence-corrected chi connectivity index (χ1v) is 5.01. The number of rotatable bonds is 5. The van der Waals surface area contributed by atoms with Crippen LogP contribution in [0.25, 0.3) is 0 Å². The molecule has 16 heavy (non-hydrogen) atoms. The van der Waals surface area contributed by atoms with Gasteiger partial charge in [0.15, 0.2) is 5.78 Å². The highest BCUT2D eigenvalue weighted by Gasteiger charge is 2.15. The Morgan fingerprint density at radius 1 is 1.44 bits per heavy atom. The van der Waals surface area contributed by atoms with Gasteiger partial charge in [-0.25, -0.2) is 8.78 Å². The highest BCUT2D eigenvalue weighted by atomic mass is 19.1. The molecule has 0 bridgehead atoms. The molecule has 0 amide bonds. The van der Waals surface area contributed by atoms with Crippen molar-refractivity contribution in [3.05, 3.63) is 35.4 Å². The molecule has 0 spiro atoms. The topological polar surface area (TPSA) is 26.3 Å². The van der Waals surface area contributed by atoms with E-state index in [1.807, 2.05) is 6.92 Å². The highest BCUT2D eigenvalue weighted by Crippen LogP contribution is 2.14. The number of benzene rings is 1. The van der Waals surface area contributed by atoms with Gasteiger partial charge in [-0.2, -0.15) is 0 Å². The van der Waals surface area contributed by atoms with Crippen molar-refractivity contribution in [3.8, 4) is 0 Å². The summed E-state index contributed by atoms with van der Waals surface area (Å²) in [6, 6.07) is 2.97. The van der Waals surface area contributed by atoms with E-state index in [1.165, 1.54) is 6.07 Å². The molecule has 0 saturated carbocycles. The number of ether oxygens (including phenoxy) is 1. The van der Waals surface area contributed by atoms with Crippen LogP contribution in [-0.2, 0) is 4.74 Å². The van der Waals surface area contributed by atoms with Crippen LogP contribution in [0.3, 0.4) is 0 Å². The fraction of sp³-hybridized carbons (Fsp3) is 0.417. The average molecular weight is 228 g/mol. The van der Waals surface area contributed by atoms with Gasteiger partial charge in [-0.1, -0.05) is 6.92 Å². The van der Waals surface area contributed by atoms with Gasteiger partial charge in [0, 0.05) is 26.2 Å². The lowest BCUT2D eigenvalue weighted by Gasteiger charge is -2.09. The SMILES string of the molecule is COCC(C)CC(=O)c1ccc(F)cc1F. The molecule has 0 saturated heterocycles. The van der Waals surface area contributed by atoms with Gasteiger partial charge < -0.3 is 4.74 Å². The van der Waals surface area contributed by atoms with E-state index in [9.17, 15) is 13.6 Å². The fourth-order valence-electron chi connectivity index (χ4n) is 1.49. The molecule has 0 aliphatic heterocycles. The summed E-state index contributed by atoms with van der Waals surface area (Å²) in [5.41, 5.74) is -0.0654. The molecule has 1 atom stereocenters. The van der Waals surface area contributed by atoms with Crippen molar-refractivity contribution in [2.45, 2.75) is 13.3 Å². The zero-order valence-electron chi connectivity index (χ0n) is 9.30. The number of methoxy groups -OCH3 is 1. The van der Waals surface area contributed by atoms with Gasteiger partial charge in [0.2, 0.25) is 0 Å². The van der Waals surface area contributed by atoms with Crippen LogP contribution in [0.2, 0.25) is 0 Å². The summed E-state index contributed by atoms with van der Waals surface area (Å²) in [6.07, 6.45) is 0.191. The van der Waals surface area contributed by atoms with Gasteiger partial charge in [0.05, 0.1) is 5.56 Å². The first kappa shape index (κ1) is 12.8. The van der Waals surface area contributed by atoms with E-state index in [-0.39, 0.29) is 23.7 Å². The molecule has 4 heteroatoms. The predicted molar refractivity (Wildman–Crippen MR) is 56.3 cm³/mol. The van der Waals surface area contributed by atoms with E-state index in [4.69, 9.17) is 4.74 Å². The van der Waals surface area contributed by atoms with Gasteiger partial charge in [-0.15, -0.1) is 0 Å². The molecular formula is C12H14F2O2. The van der Waals surface area contributed by atoms with E-state index in [2.05, 4.69) is 0 Å². The summed E-state index contributed by atoms with van der Waals surface area (Å²) in [6.45, 7) is 2.28. The molecule has 1 aromatic carbocycles. The van der Waals surface area contributed by atoms with Crippen molar-refractivity contribution in [2.75, 3.05) is 13.7 Å². The summed E-state index contributed by atoms with van der Waals surface area (Å²) in [7, 11) is 1.54.